The fourth-order valence-electron chi connectivity index (χ4n) is 4.08. The first-order chi connectivity index (χ1) is 17.9. The molecule has 0 spiro atoms. The maximum Gasteiger partial charge on any atom is 0.335 e. The maximum absolute atomic E-state index is 13.5. The lowest BCUT2D eigenvalue weighted by Gasteiger charge is -2.28. The van der Waals surface area contributed by atoms with Crippen LogP contribution in [0.5, 0.6) is 0 Å². The van der Waals surface area contributed by atoms with Crippen LogP contribution in [0.1, 0.15) is 34.5 Å². The van der Waals surface area contributed by atoms with Crippen LogP contribution < -0.4 is 10.6 Å². The second-order valence-corrected chi connectivity index (χ2v) is 9.71. The number of allylic oxidation sites excluding steroid dienone is 1. The number of nitrogens with zero attached hydrogens (tertiary/aromatic N) is 3. The molecule has 0 fully saturated rings. The van der Waals surface area contributed by atoms with Crippen molar-refractivity contribution in [3.63, 3.8) is 0 Å². The molecular formula is C27H22ClN5O3S. The van der Waals surface area contributed by atoms with Gasteiger partial charge < -0.3 is 15.7 Å². The molecule has 3 aromatic carbocycles. The summed E-state index contributed by atoms with van der Waals surface area (Å²) in [6.07, 6.45) is 0. The molecule has 1 amide bonds. The van der Waals surface area contributed by atoms with Gasteiger partial charge in [-0.15, -0.1) is 5.10 Å². The molecule has 1 aliphatic rings. The zero-order valence-electron chi connectivity index (χ0n) is 19.7. The van der Waals surface area contributed by atoms with E-state index in [2.05, 4.69) is 15.6 Å². The van der Waals surface area contributed by atoms with Crippen molar-refractivity contribution in [3.8, 4) is 0 Å². The predicted octanol–water partition coefficient (Wildman–Crippen LogP) is 5.85. The lowest BCUT2D eigenvalue weighted by Crippen LogP contribution is -2.31. The van der Waals surface area contributed by atoms with E-state index in [1.165, 1.54) is 23.9 Å². The van der Waals surface area contributed by atoms with Crippen molar-refractivity contribution in [2.45, 2.75) is 23.9 Å². The number of halogens is 1. The van der Waals surface area contributed by atoms with Gasteiger partial charge in [0.1, 0.15) is 6.04 Å². The Hall–Kier alpha value is -4.08. The summed E-state index contributed by atoms with van der Waals surface area (Å²) in [5, 5.41) is 21.4. The molecule has 1 aromatic heterocycles. The van der Waals surface area contributed by atoms with Crippen LogP contribution in [0.15, 0.2) is 95.3 Å². The van der Waals surface area contributed by atoms with Crippen molar-refractivity contribution >= 4 is 46.9 Å². The van der Waals surface area contributed by atoms with Gasteiger partial charge in [0.15, 0.2) is 0 Å². The number of thioether (sulfide) groups is 1. The molecule has 186 valence electrons. The molecular weight excluding hydrogens is 510 g/mol. The van der Waals surface area contributed by atoms with Crippen LogP contribution in [-0.2, 0) is 10.5 Å². The van der Waals surface area contributed by atoms with E-state index in [9.17, 15) is 14.7 Å². The summed E-state index contributed by atoms with van der Waals surface area (Å²) in [6, 6.07) is 22.6. The topological polar surface area (TPSA) is 109 Å². The summed E-state index contributed by atoms with van der Waals surface area (Å²) in [5.41, 5.74) is 3.57. The smallest absolute Gasteiger partial charge is 0.335 e. The van der Waals surface area contributed by atoms with Crippen molar-refractivity contribution in [1.82, 2.24) is 14.8 Å². The van der Waals surface area contributed by atoms with Crippen molar-refractivity contribution < 1.29 is 14.7 Å². The third kappa shape index (κ3) is 5.23. The molecule has 37 heavy (non-hydrogen) atoms. The van der Waals surface area contributed by atoms with E-state index in [1.807, 2.05) is 61.5 Å². The second-order valence-electron chi connectivity index (χ2n) is 8.36. The number of anilines is 2. The second kappa shape index (κ2) is 10.5. The van der Waals surface area contributed by atoms with Gasteiger partial charge >= 0.3 is 5.97 Å². The molecule has 1 unspecified atom stereocenters. The summed E-state index contributed by atoms with van der Waals surface area (Å²) < 4.78 is 1.66. The van der Waals surface area contributed by atoms with Crippen molar-refractivity contribution in [3.05, 3.63) is 112 Å². The molecule has 0 bridgehead atoms. The monoisotopic (exact) mass is 531 g/mol. The number of fused-ring (bicyclic) bond motifs is 1. The molecule has 8 nitrogen and oxygen atoms in total. The Labute approximate surface area is 222 Å². The molecule has 1 atom stereocenters. The highest BCUT2D eigenvalue weighted by Crippen LogP contribution is 2.37. The van der Waals surface area contributed by atoms with Gasteiger partial charge in [0, 0.05) is 22.2 Å². The number of benzene rings is 3. The summed E-state index contributed by atoms with van der Waals surface area (Å²) >= 11 is 7.74. The van der Waals surface area contributed by atoms with Gasteiger partial charge in [-0.3, -0.25) is 4.79 Å². The van der Waals surface area contributed by atoms with Gasteiger partial charge in [0.05, 0.1) is 11.1 Å². The van der Waals surface area contributed by atoms with Gasteiger partial charge in [-0.1, -0.05) is 71.9 Å². The summed E-state index contributed by atoms with van der Waals surface area (Å²) in [7, 11) is 0. The zero-order chi connectivity index (χ0) is 25.9. The van der Waals surface area contributed by atoms with E-state index >= 15 is 0 Å². The van der Waals surface area contributed by atoms with Gasteiger partial charge in [-0.05, 0) is 48.4 Å². The van der Waals surface area contributed by atoms with Crippen LogP contribution in [0, 0.1) is 0 Å². The minimum absolute atomic E-state index is 0.156. The number of nitrogens with one attached hydrogen (secondary N) is 2. The van der Waals surface area contributed by atoms with Gasteiger partial charge in [-0.2, -0.15) is 4.98 Å². The number of aromatic carboxylic acids is 1. The molecule has 1 aliphatic heterocycles. The van der Waals surface area contributed by atoms with E-state index in [0.717, 1.165) is 5.56 Å². The number of carbonyl (C=O) groups excluding carboxylic acids is 1. The first kappa shape index (κ1) is 24.6. The number of hydrogen-bond donors (Lipinski definition) is 3. The summed E-state index contributed by atoms with van der Waals surface area (Å²) in [6.45, 7) is 1.81. The van der Waals surface area contributed by atoms with Crippen LogP contribution >= 0.6 is 23.4 Å². The minimum Gasteiger partial charge on any atom is -0.478 e. The highest BCUT2D eigenvalue weighted by Gasteiger charge is 2.34. The van der Waals surface area contributed by atoms with Crippen LogP contribution in [0.3, 0.4) is 0 Å². The predicted molar refractivity (Wildman–Crippen MR) is 144 cm³/mol. The molecule has 2 heterocycles. The maximum atomic E-state index is 13.5. The number of carboxylic acid groups (broad SMARTS) is 1. The Bertz CT molecular complexity index is 1500. The van der Waals surface area contributed by atoms with Gasteiger partial charge in [0.2, 0.25) is 11.1 Å². The first-order valence-corrected chi connectivity index (χ1v) is 12.8. The Morgan fingerprint density at radius 1 is 1.05 bits per heavy atom. The SMILES string of the molecule is CC1=C(C(=O)Nc2ccccc2)C(c2ccc(C(=O)O)cc2)n2nc(SCc3ccccc3Cl)nc2N1. The molecule has 0 saturated carbocycles. The fraction of sp³-hybridized carbons (Fsp3) is 0.111. The van der Waals surface area contributed by atoms with Crippen LogP contribution in [0.4, 0.5) is 11.6 Å². The molecule has 10 heteroatoms. The van der Waals surface area contributed by atoms with Crippen LogP contribution in [0.25, 0.3) is 0 Å². The number of hydrogen-bond acceptors (Lipinski definition) is 6. The third-order valence-corrected chi connectivity index (χ3v) is 7.15. The number of carboxylic acids is 1. The largest absolute Gasteiger partial charge is 0.478 e. The zero-order valence-corrected chi connectivity index (χ0v) is 21.3. The van der Waals surface area contributed by atoms with Crippen molar-refractivity contribution in [2.75, 3.05) is 10.6 Å². The fourth-order valence-corrected chi connectivity index (χ4v) is 5.20. The molecule has 5 rings (SSSR count). The number of aromatic nitrogens is 3. The summed E-state index contributed by atoms with van der Waals surface area (Å²) in [5.74, 6) is -0.252. The Morgan fingerprint density at radius 2 is 1.76 bits per heavy atom. The van der Waals surface area contributed by atoms with Gasteiger partial charge in [-0.25, -0.2) is 9.48 Å². The molecule has 0 aliphatic carbocycles. The lowest BCUT2D eigenvalue weighted by molar-refractivity contribution is -0.113. The molecule has 3 N–H and O–H groups in total. The number of para-hydroxylation sites is 1. The van der Waals surface area contributed by atoms with E-state index < -0.39 is 12.0 Å². The molecule has 0 radical (unpaired) electrons. The van der Waals surface area contributed by atoms with Crippen LogP contribution in [0.2, 0.25) is 5.02 Å². The van der Waals surface area contributed by atoms with Gasteiger partial charge in [0.25, 0.3) is 5.91 Å². The Morgan fingerprint density at radius 3 is 2.46 bits per heavy atom. The Balaban J connectivity index is 1.51. The molecule has 0 saturated heterocycles. The summed E-state index contributed by atoms with van der Waals surface area (Å²) in [4.78, 5) is 29.6. The Kier molecular flexibility index (Phi) is 6.98. The first-order valence-electron chi connectivity index (χ1n) is 11.4. The van der Waals surface area contributed by atoms with E-state index in [4.69, 9.17) is 16.7 Å². The van der Waals surface area contributed by atoms with Crippen molar-refractivity contribution in [2.24, 2.45) is 0 Å². The average molecular weight is 532 g/mol. The standard InChI is InChI=1S/C27H22ClN5O3S/c1-16-22(24(34)30-20-8-3-2-4-9-20)23(17-11-13-18(14-12-17)25(35)36)33-26(29-16)31-27(32-33)37-15-19-7-5-6-10-21(19)28/h2-14,23H,15H2,1H3,(H,30,34)(H,35,36)(H,29,31,32). The number of rotatable bonds is 7. The van der Waals surface area contributed by atoms with E-state index in [0.29, 0.717) is 44.4 Å². The van der Waals surface area contributed by atoms with Crippen LogP contribution in [-0.4, -0.2) is 31.7 Å². The van der Waals surface area contributed by atoms with Crippen molar-refractivity contribution in [1.29, 1.82) is 0 Å². The highest BCUT2D eigenvalue weighted by molar-refractivity contribution is 7.98. The molecule has 4 aromatic rings. The highest BCUT2D eigenvalue weighted by atomic mass is 35.5. The number of carbonyl (C=O) groups is 2. The average Bonchev–Trinajstić information content (AvgIpc) is 3.30. The normalized spacial score (nSPS) is 14.6. The van der Waals surface area contributed by atoms with E-state index in [-0.39, 0.29) is 11.5 Å². The lowest BCUT2D eigenvalue weighted by atomic mass is 9.94. The number of amides is 1. The minimum atomic E-state index is -1.02. The quantitative estimate of drug-likeness (QED) is 0.257. The van der Waals surface area contributed by atoms with E-state index in [1.54, 1.807) is 16.8 Å². The third-order valence-electron chi connectivity index (χ3n) is 5.90.